The third-order valence-corrected chi connectivity index (χ3v) is 5.55. The van der Waals surface area contributed by atoms with E-state index in [1.807, 2.05) is 6.07 Å². The molecule has 6 nitrogen and oxygen atoms in total. The molecule has 0 radical (unpaired) electrons. The van der Waals surface area contributed by atoms with Gasteiger partial charge in [-0.15, -0.1) is 0 Å². The summed E-state index contributed by atoms with van der Waals surface area (Å²) in [5.74, 6) is 0.931. The molecule has 2 aromatic carbocycles. The van der Waals surface area contributed by atoms with Gasteiger partial charge in [0.15, 0.2) is 11.4 Å². The fourth-order valence-electron chi connectivity index (χ4n) is 3.32. The zero-order valence-electron chi connectivity index (χ0n) is 14.8. The van der Waals surface area contributed by atoms with Gasteiger partial charge in [-0.2, -0.15) is 0 Å². The van der Waals surface area contributed by atoms with Crippen LogP contribution in [0.1, 0.15) is 29.5 Å². The van der Waals surface area contributed by atoms with E-state index in [4.69, 9.17) is 20.9 Å². The van der Waals surface area contributed by atoms with Crippen molar-refractivity contribution in [3.63, 3.8) is 0 Å². The van der Waals surface area contributed by atoms with E-state index in [0.717, 1.165) is 30.4 Å². The summed E-state index contributed by atoms with van der Waals surface area (Å²) in [7, 11) is -3.46. The first-order valence-corrected chi connectivity index (χ1v) is 11.0. The Bertz CT molecular complexity index is 1110. The molecule has 0 fully saturated rings. The predicted molar refractivity (Wildman–Crippen MR) is 105 cm³/mol. The molecule has 142 valence electrons. The van der Waals surface area contributed by atoms with Gasteiger partial charge in [0.1, 0.15) is 12.4 Å². The minimum absolute atomic E-state index is 0.122. The zero-order valence-corrected chi connectivity index (χ0v) is 16.4. The molecule has 1 heterocycles. The van der Waals surface area contributed by atoms with Gasteiger partial charge in [-0.25, -0.2) is 8.42 Å². The smallest absolute Gasteiger partial charge is 0.231 e. The Balaban J connectivity index is 1.55. The number of aromatic nitrogens is 1. The fourth-order valence-corrected chi connectivity index (χ4v) is 4.04. The molecule has 0 unspecified atom stereocenters. The van der Waals surface area contributed by atoms with Gasteiger partial charge in [-0.3, -0.25) is 4.72 Å². The van der Waals surface area contributed by atoms with Crippen LogP contribution in [0, 0.1) is 0 Å². The highest BCUT2D eigenvalue weighted by Gasteiger charge is 2.16. The number of fused-ring (bicyclic) bond motifs is 2. The van der Waals surface area contributed by atoms with E-state index in [-0.39, 0.29) is 12.4 Å². The average molecular weight is 407 g/mol. The van der Waals surface area contributed by atoms with Crippen molar-refractivity contribution in [2.75, 3.05) is 11.0 Å². The SMILES string of the molecule is CS(=O)(=O)Nc1noc2cc(COc3ccc4c(c3)CCCC4)c(Cl)cc12. The number of rotatable bonds is 5. The van der Waals surface area contributed by atoms with Crippen LogP contribution in [-0.4, -0.2) is 19.8 Å². The summed E-state index contributed by atoms with van der Waals surface area (Å²) in [5, 5.41) is 4.73. The third-order valence-electron chi connectivity index (χ3n) is 4.64. The maximum absolute atomic E-state index is 11.4. The Kier molecular flexibility index (Phi) is 4.74. The predicted octanol–water partition coefficient (Wildman–Crippen LogP) is 4.31. The molecular weight excluding hydrogens is 388 g/mol. The number of anilines is 1. The molecule has 0 saturated heterocycles. The molecule has 0 saturated carbocycles. The molecule has 0 amide bonds. The molecule has 1 aromatic heterocycles. The number of nitrogens with zero attached hydrogens (tertiary/aromatic N) is 1. The van der Waals surface area contributed by atoms with Gasteiger partial charge in [-0.05, 0) is 61.1 Å². The lowest BCUT2D eigenvalue weighted by Gasteiger charge is -2.17. The molecule has 0 spiro atoms. The van der Waals surface area contributed by atoms with Crippen molar-refractivity contribution in [1.29, 1.82) is 0 Å². The van der Waals surface area contributed by atoms with Crippen molar-refractivity contribution in [1.82, 2.24) is 5.16 Å². The lowest BCUT2D eigenvalue weighted by atomic mass is 9.92. The molecule has 1 aliphatic rings. The zero-order chi connectivity index (χ0) is 19.0. The number of hydrogen-bond donors (Lipinski definition) is 1. The summed E-state index contributed by atoms with van der Waals surface area (Å²) in [4.78, 5) is 0. The maximum Gasteiger partial charge on any atom is 0.231 e. The summed E-state index contributed by atoms with van der Waals surface area (Å²) < 4.78 is 36.3. The lowest BCUT2D eigenvalue weighted by Crippen LogP contribution is -2.09. The number of halogens is 1. The molecule has 8 heteroatoms. The maximum atomic E-state index is 11.4. The minimum Gasteiger partial charge on any atom is -0.489 e. The number of benzene rings is 2. The minimum atomic E-state index is -3.46. The molecule has 0 aliphatic heterocycles. The van der Waals surface area contributed by atoms with Gasteiger partial charge in [0.2, 0.25) is 10.0 Å². The van der Waals surface area contributed by atoms with Crippen LogP contribution in [0.15, 0.2) is 34.9 Å². The second-order valence-electron chi connectivity index (χ2n) is 6.77. The van der Waals surface area contributed by atoms with Crippen molar-refractivity contribution >= 4 is 38.4 Å². The van der Waals surface area contributed by atoms with Gasteiger partial charge in [-0.1, -0.05) is 22.8 Å². The van der Waals surface area contributed by atoms with E-state index in [0.29, 0.717) is 16.0 Å². The lowest BCUT2D eigenvalue weighted by molar-refractivity contribution is 0.305. The van der Waals surface area contributed by atoms with E-state index in [1.54, 1.807) is 12.1 Å². The third kappa shape index (κ3) is 4.04. The van der Waals surface area contributed by atoms with Crippen LogP contribution in [0.2, 0.25) is 5.02 Å². The molecule has 1 aliphatic carbocycles. The van der Waals surface area contributed by atoms with E-state index >= 15 is 0 Å². The first-order chi connectivity index (χ1) is 12.9. The summed E-state index contributed by atoms with van der Waals surface area (Å²) >= 11 is 6.36. The molecule has 4 rings (SSSR count). The highest BCUT2D eigenvalue weighted by molar-refractivity contribution is 7.92. The van der Waals surface area contributed by atoms with Gasteiger partial charge >= 0.3 is 0 Å². The highest BCUT2D eigenvalue weighted by atomic mass is 35.5. The Morgan fingerprint density at radius 2 is 1.96 bits per heavy atom. The summed E-state index contributed by atoms with van der Waals surface area (Å²) in [6, 6.07) is 9.57. The second-order valence-corrected chi connectivity index (χ2v) is 8.93. The van der Waals surface area contributed by atoms with Crippen LogP contribution < -0.4 is 9.46 Å². The Morgan fingerprint density at radius 1 is 1.19 bits per heavy atom. The van der Waals surface area contributed by atoms with Crippen molar-refractivity contribution in [2.45, 2.75) is 32.3 Å². The topological polar surface area (TPSA) is 81.4 Å². The van der Waals surface area contributed by atoms with Crippen molar-refractivity contribution < 1.29 is 17.7 Å². The first-order valence-electron chi connectivity index (χ1n) is 8.69. The molecule has 3 aromatic rings. The van der Waals surface area contributed by atoms with Gasteiger partial charge in [0, 0.05) is 10.6 Å². The normalized spacial score (nSPS) is 14.1. The van der Waals surface area contributed by atoms with Crippen LogP contribution in [0.25, 0.3) is 11.0 Å². The van der Waals surface area contributed by atoms with Crippen LogP contribution in [0.5, 0.6) is 5.75 Å². The summed E-state index contributed by atoms with van der Waals surface area (Å²) in [6.45, 7) is 0.281. The molecule has 1 N–H and O–H groups in total. The number of hydrogen-bond acceptors (Lipinski definition) is 5. The number of sulfonamides is 1. The Morgan fingerprint density at radius 3 is 2.74 bits per heavy atom. The van der Waals surface area contributed by atoms with E-state index < -0.39 is 10.0 Å². The largest absolute Gasteiger partial charge is 0.489 e. The quantitative estimate of drug-likeness (QED) is 0.682. The number of ether oxygens (including phenoxy) is 1. The summed E-state index contributed by atoms with van der Waals surface area (Å²) in [6.07, 6.45) is 5.74. The van der Waals surface area contributed by atoms with Crippen LogP contribution in [0.3, 0.4) is 0 Å². The number of aryl methyl sites for hydroxylation is 2. The number of nitrogens with one attached hydrogen (secondary N) is 1. The van der Waals surface area contributed by atoms with E-state index in [9.17, 15) is 8.42 Å². The van der Waals surface area contributed by atoms with Crippen LogP contribution in [0.4, 0.5) is 5.82 Å². The molecule has 27 heavy (non-hydrogen) atoms. The second kappa shape index (κ2) is 7.05. The van der Waals surface area contributed by atoms with E-state index in [1.165, 1.54) is 24.0 Å². The van der Waals surface area contributed by atoms with Crippen molar-refractivity contribution in [2.24, 2.45) is 0 Å². The Labute approximate surface area is 162 Å². The van der Waals surface area contributed by atoms with Gasteiger partial charge in [0.05, 0.1) is 11.6 Å². The van der Waals surface area contributed by atoms with Crippen molar-refractivity contribution in [3.05, 3.63) is 52.0 Å². The van der Waals surface area contributed by atoms with Gasteiger partial charge in [0.25, 0.3) is 0 Å². The highest BCUT2D eigenvalue weighted by Crippen LogP contribution is 2.31. The van der Waals surface area contributed by atoms with Crippen LogP contribution in [-0.2, 0) is 29.5 Å². The van der Waals surface area contributed by atoms with Gasteiger partial charge < -0.3 is 9.26 Å². The molecular formula is C19H19ClN2O4S. The average Bonchev–Trinajstić information content (AvgIpc) is 2.99. The monoisotopic (exact) mass is 406 g/mol. The van der Waals surface area contributed by atoms with E-state index in [2.05, 4.69) is 22.0 Å². The molecule has 0 bridgehead atoms. The van der Waals surface area contributed by atoms with Crippen LogP contribution >= 0.6 is 11.6 Å². The van der Waals surface area contributed by atoms with Crippen molar-refractivity contribution in [3.8, 4) is 5.75 Å². The summed E-state index contributed by atoms with van der Waals surface area (Å²) in [5.41, 5.74) is 3.94. The fraction of sp³-hybridized carbons (Fsp3) is 0.316. The Hall–Kier alpha value is -2.25. The molecule has 0 atom stereocenters. The first kappa shape index (κ1) is 18.1. The standard InChI is InChI=1S/C19H19ClN2O4S/c1-27(23,24)22-19-16-10-17(20)14(9-18(16)26-21-19)11-25-15-7-6-12-4-2-3-5-13(12)8-15/h6-10H,2-5,11H2,1H3,(H,21,22).